The molecule has 0 spiro atoms. The SMILES string of the molecule is CCCC(O)(Cc1cccc(F)c1Br)c1ccccc1. The molecular formula is C17H18BrFO. The molecule has 0 aromatic heterocycles. The molecule has 1 N–H and O–H groups in total. The van der Waals surface area contributed by atoms with Crippen molar-refractivity contribution in [1.82, 2.24) is 0 Å². The van der Waals surface area contributed by atoms with Gasteiger partial charge in [0.25, 0.3) is 0 Å². The van der Waals surface area contributed by atoms with Crippen molar-refractivity contribution in [2.45, 2.75) is 31.8 Å². The average molecular weight is 337 g/mol. The molecule has 1 unspecified atom stereocenters. The van der Waals surface area contributed by atoms with Crippen LogP contribution in [0.1, 0.15) is 30.9 Å². The molecule has 0 heterocycles. The molecule has 106 valence electrons. The van der Waals surface area contributed by atoms with Crippen LogP contribution in [0.25, 0.3) is 0 Å². The lowest BCUT2D eigenvalue weighted by atomic mass is 9.84. The van der Waals surface area contributed by atoms with Crippen LogP contribution >= 0.6 is 15.9 Å². The second-order valence-corrected chi connectivity index (χ2v) is 5.83. The van der Waals surface area contributed by atoms with Crippen molar-refractivity contribution >= 4 is 15.9 Å². The summed E-state index contributed by atoms with van der Waals surface area (Å²) in [6, 6.07) is 14.5. The molecule has 0 fully saturated rings. The van der Waals surface area contributed by atoms with E-state index in [1.165, 1.54) is 6.07 Å². The molecule has 2 rings (SSSR count). The molecule has 0 saturated carbocycles. The fraction of sp³-hybridized carbons (Fsp3) is 0.294. The van der Waals surface area contributed by atoms with Crippen molar-refractivity contribution in [3.8, 4) is 0 Å². The number of benzene rings is 2. The lowest BCUT2D eigenvalue weighted by molar-refractivity contribution is 0.0267. The third-order valence-electron chi connectivity index (χ3n) is 3.49. The molecule has 0 amide bonds. The lowest BCUT2D eigenvalue weighted by Crippen LogP contribution is -2.28. The van der Waals surface area contributed by atoms with Crippen LogP contribution in [0.5, 0.6) is 0 Å². The molecule has 1 nitrogen and oxygen atoms in total. The van der Waals surface area contributed by atoms with Gasteiger partial charge in [0.15, 0.2) is 0 Å². The van der Waals surface area contributed by atoms with Crippen molar-refractivity contribution < 1.29 is 9.50 Å². The Morgan fingerprint density at radius 1 is 1.10 bits per heavy atom. The number of hydrogen-bond donors (Lipinski definition) is 1. The van der Waals surface area contributed by atoms with E-state index in [1.54, 1.807) is 6.07 Å². The topological polar surface area (TPSA) is 20.2 Å². The van der Waals surface area contributed by atoms with Gasteiger partial charge in [-0.1, -0.05) is 55.8 Å². The van der Waals surface area contributed by atoms with Gasteiger partial charge in [-0.05, 0) is 39.5 Å². The number of rotatable bonds is 5. The van der Waals surface area contributed by atoms with E-state index in [9.17, 15) is 9.50 Å². The van der Waals surface area contributed by atoms with Crippen LogP contribution in [0.2, 0.25) is 0 Å². The van der Waals surface area contributed by atoms with E-state index in [4.69, 9.17) is 0 Å². The number of halogens is 2. The van der Waals surface area contributed by atoms with E-state index in [2.05, 4.69) is 15.9 Å². The summed E-state index contributed by atoms with van der Waals surface area (Å²) in [5, 5.41) is 11.0. The molecule has 20 heavy (non-hydrogen) atoms. The van der Waals surface area contributed by atoms with E-state index in [1.807, 2.05) is 43.3 Å². The van der Waals surface area contributed by atoms with Crippen LogP contribution in [0.15, 0.2) is 53.0 Å². The van der Waals surface area contributed by atoms with Crippen LogP contribution in [0.4, 0.5) is 4.39 Å². The quantitative estimate of drug-likeness (QED) is 0.829. The first-order chi connectivity index (χ1) is 9.57. The molecule has 0 aliphatic carbocycles. The standard InChI is InChI=1S/C17H18BrFO/c1-2-11-17(20,14-8-4-3-5-9-14)12-13-7-6-10-15(19)16(13)18/h3-10,20H,2,11-12H2,1H3. The number of hydrogen-bond acceptors (Lipinski definition) is 1. The maximum Gasteiger partial charge on any atom is 0.137 e. The zero-order valence-electron chi connectivity index (χ0n) is 11.4. The van der Waals surface area contributed by atoms with Crippen LogP contribution in [0.3, 0.4) is 0 Å². The maximum atomic E-state index is 13.6. The van der Waals surface area contributed by atoms with E-state index >= 15 is 0 Å². The molecular weight excluding hydrogens is 319 g/mol. The Labute approximate surface area is 127 Å². The van der Waals surface area contributed by atoms with Gasteiger partial charge < -0.3 is 5.11 Å². The smallest absolute Gasteiger partial charge is 0.137 e. The Bertz CT molecular complexity index is 570. The molecule has 2 aromatic carbocycles. The molecule has 1 atom stereocenters. The summed E-state index contributed by atoms with van der Waals surface area (Å²) >= 11 is 3.27. The summed E-state index contributed by atoms with van der Waals surface area (Å²) in [4.78, 5) is 0. The Morgan fingerprint density at radius 3 is 2.45 bits per heavy atom. The summed E-state index contributed by atoms with van der Waals surface area (Å²) < 4.78 is 14.0. The first-order valence-electron chi connectivity index (χ1n) is 6.77. The van der Waals surface area contributed by atoms with E-state index < -0.39 is 5.60 Å². The molecule has 0 radical (unpaired) electrons. The zero-order valence-corrected chi connectivity index (χ0v) is 13.0. The molecule has 3 heteroatoms. The summed E-state index contributed by atoms with van der Waals surface area (Å²) in [6.45, 7) is 2.04. The van der Waals surface area contributed by atoms with Gasteiger partial charge in [-0.25, -0.2) is 4.39 Å². The zero-order chi connectivity index (χ0) is 14.6. The highest BCUT2D eigenvalue weighted by atomic mass is 79.9. The van der Waals surface area contributed by atoms with Gasteiger partial charge in [-0.3, -0.25) is 0 Å². The summed E-state index contributed by atoms with van der Waals surface area (Å²) in [7, 11) is 0. The number of aliphatic hydroxyl groups is 1. The van der Waals surface area contributed by atoms with Crippen LogP contribution < -0.4 is 0 Å². The van der Waals surface area contributed by atoms with Crippen molar-refractivity contribution in [2.24, 2.45) is 0 Å². The Kier molecular flexibility index (Phi) is 4.95. The summed E-state index contributed by atoms with van der Waals surface area (Å²) in [5.41, 5.74) is 0.689. The molecule has 2 aromatic rings. The van der Waals surface area contributed by atoms with Crippen LogP contribution in [-0.4, -0.2) is 5.11 Å². The fourth-order valence-corrected chi connectivity index (χ4v) is 2.90. The van der Waals surface area contributed by atoms with Crippen molar-refractivity contribution in [3.05, 3.63) is 69.9 Å². The van der Waals surface area contributed by atoms with E-state index in [0.29, 0.717) is 17.3 Å². The lowest BCUT2D eigenvalue weighted by Gasteiger charge is -2.29. The van der Waals surface area contributed by atoms with Gasteiger partial charge in [0.05, 0.1) is 10.1 Å². The van der Waals surface area contributed by atoms with Gasteiger partial charge in [-0.15, -0.1) is 0 Å². The minimum Gasteiger partial charge on any atom is -0.385 e. The first-order valence-corrected chi connectivity index (χ1v) is 7.57. The van der Waals surface area contributed by atoms with E-state index in [0.717, 1.165) is 17.5 Å². The third kappa shape index (κ3) is 3.28. The fourth-order valence-electron chi connectivity index (χ4n) is 2.50. The highest BCUT2D eigenvalue weighted by molar-refractivity contribution is 9.10. The van der Waals surface area contributed by atoms with Crippen LogP contribution in [0, 0.1) is 5.82 Å². The second-order valence-electron chi connectivity index (χ2n) is 5.04. The van der Waals surface area contributed by atoms with Gasteiger partial charge in [0.2, 0.25) is 0 Å². The van der Waals surface area contributed by atoms with Gasteiger partial charge >= 0.3 is 0 Å². The third-order valence-corrected chi connectivity index (χ3v) is 4.38. The van der Waals surface area contributed by atoms with E-state index in [-0.39, 0.29) is 5.82 Å². The largest absolute Gasteiger partial charge is 0.385 e. The minimum absolute atomic E-state index is 0.297. The molecule has 0 aliphatic rings. The Morgan fingerprint density at radius 2 is 1.80 bits per heavy atom. The second kappa shape index (κ2) is 6.51. The first kappa shape index (κ1) is 15.2. The minimum atomic E-state index is -0.966. The monoisotopic (exact) mass is 336 g/mol. The average Bonchev–Trinajstić information content (AvgIpc) is 2.45. The Balaban J connectivity index is 2.37. The predicted octanol–water partition coefficient (Wildman–Crippen LogP) is 4.82. The van der Waals surface area contributed by atoms with Gasteiger partial charge in [-0.2, -0.15) is 0 Å². The van der Waals surface area contributed by atoms with Crippen LogP contribution in [-0.2, 0) is 12.0 Å². The molecule has 0 saturated heterocycles. The van der Waals surface area contributed by atoms with Gasteiger partial charge in [0, 0.05) is 6.42 Å². The highest BCUT2D eigenvalue weighted by Gasteiger charge is 2.29. The van der Waals surface area contributed by atoms with Crippen molar-refractivity contribution in [1.29, 1.82) is 0 Å². The highest BCUT2D eigenvalue weighted by Crippen LogP contribution is 2.33. The summed E-state index contributed by atoms with van der Waals surface area (Å²) in [5.74, 6) is -0.297. The normalized spacial score (nSPS) is 14.0. The maximum absolute atomic E-state index is 13.6. The van der Waals surface area contributed by atoms with Gasteiger partial charge in [0.1, 0.15) is 5.82 Å². The van der Waals surface area contributed by atoms with Crippen molar-refractivity contribution in [3.63, 3.8) is 0 Å². The molecule has 0 bridgehead atoms. The summed E-state index contributed by atoms with van der Waals surface area (Å²) in [6.07, 6.45) is 1.89. The molecule has 0 aliphatic heterocycles. The Hall–Kier alpha value is -1.19. The predicted molar refractivity (Wildman–Crippen MR) is 83.1 cm³/mol. The van der Waals surface area contributed by atoms with Crippen molar-refractivity contribution in [2.75, 3.05) is 0 Å².